The summed E-state index contributed by atoms with van der Waals surface area (Å²) in [6.45, 7) is 7.86. The summed E-state index contributed by atoms with van der Waals surface area (Å²) in [5, 5.41) is 11.3. The Hall–Kier alpha value is -4.06. The third-order valence-electron chi connectivity index (χ3n) is 6.40. The molecule has 6 heteroatoms. The van der Waals surface area contributed by atoms with Crippen molar-refractivity contribution in [2.24, 2.45) is 0 Å². The second-order valence-electron chi connectivity index (χ2n) is 8.50. The number of rotatable bonds is 7. The largest absolute Gasteiger partial charge is 0.507 e. The van der Waals surface area contributed by atoms with E-state index in [1.54, 1.807) is 24.3 Å². The van der Waals surface area contributed by atoms with E-state index in [1.807, 2.05) is 55.5 Å². The molecule has 0 spiro atoms. The van der Waals surface area contributed by atoms with E-state index in [0.717, 1.165) is 29.9 Å². The second-order valence-corrected chi connectivity index (χ2v) is 8.50. The quantitative estimate of drug-likeness (QED) is 0.281. The van der Waals surface area contributed by atoms with Crippen molar-refractivity contribution in [2.75, 3.05) is 30.0 Å². The maximum Gasteiger partial charge on any atom is 0.300 e. The van der Waals surface area contributed by atoms with Crippen molar-refractivity contribution in [1.29, 1.82) is 0 Å². The molecule has 0 radical (unpaired) electrons. The van der Waals surface area contributed by atoms with Gasteiger partial charge in [0.1, 0.15) is 11.5 Å². The maximum absolute atomic E-state index is 13.4. The van der Waals surface area contributed by atoms with Crippen LogP contribution in [-0.4, -0.2) is 37.0 Å². The zero-order chi connectivity index (χ0) is 25.1. The summed E-state index contributed by atoms with van der Waals surface area (Å²) < 4.78 is 5.28. The number of methoxy groups -OCH3 is 1. The van der Waals surface area contributed by atoms with Crippen LogP contribution in [0, 0.1) is 6.92 Å². The Balaban J connectivity index is 1.88. The van der Waals surface area contributed by atoms with Gasteiger partial charge in [0.05, 0.1) is 18.7 Å². The molecule has 180 valence electrons. The van der Waals surface area contributed by atoms with E-state index < -0.39 is 17.7 Å². The first-order valence-electron chi connectivity index (χ1n) is 11.8. The number of aliphatic hydroxyl groups is 1. The number of ether oxygens (including phenoxy) is 1. The molecule has 3 aromatic carbocycles. The number of carbonyl (C=O) groups excluding carboxylic acids is 2. The molecule has 1 unspecified atom stereocenters. The summed E-state index contributed by atoms with van der Waals surface area (Å²) in [5.74, 6) is -1.07. The Morgan fingerprint density at radius 1 is 0.971 bits per heavy atom. The van der Waals surface area contributed by atoms with E-state index in [2.05, 4.69) is 18.7 Å². The van der Waals surface area contributed by atoms with Gasteiger partial charge in [-0.2, -0.15) is 0 Å². The smallest absolute Gasteiger partial charge is 0.300 e. The molecule has 0 saturated carbocycles. The summed E-state index contributed by atoms with van der Waals surface area (Å²) in [6, 6.07) is 21.3. The van der Waals surface area contributed by atoms with Gasteiger partial charge in [-0.05, 0) is 62.7 Å². The van der Waals surface area contributed by atoms with E-state index in [9.17, 15) is 14.7 Å². The summed E-state index contributed by atoms with van der Waals surface area (Å²) in [6.07, 6.45) is 0. The van der Waals surface area contributed by atoms with Gasteiger partial charge in [0, 0.05) is 30.0 Å². The fraction of sp³-hybridized carbons (Fsp3) is 0.241. The lowest BCUT2D eigenvalue weighted by atomic mass is 9.94. The highest BCUT2D eigenvalue weighted by atomic mass is 16.5. The number of amides is 1. The number of benzene rings is 3. The first kappa shape index (κ1) is 24.1. The van der Waals surface area contributed by atoms with Crippen LogP contribution >= 0.6 is 0 Å². The van der Waals surface area contributed by atoms with Gasteiger partial charge in [0.25, 0.3) is 11.7 Å². The maximum atomic E-state index is 13.4. The number of Topliss-reactive ketones (excluding diaryl/α,β-unsaturated/α-hetero) is 1. The molecule has 1 aliphatic heterocycles. The minimum atomic E-state index is -0.764. The van der Waals surface area contributed by atoms with Crippen LogP contribution in [-0.2, 0) is 9.59 Å². The summed E-state index contributed by atoms with van der Waals surface area (Å²) in [4.78, 5) is 30.4. The average molecular weight is 471 g/mol. The van der Waals surface area contributed by atoms with Crippen LogP contribution in [0.2, 0.25) is 0 Å². The first-order valence-corrected chi connectivity index (χ1v) is 11.8. The van der Waals surface area contributed by atoms with Gasteiger partial charge in [-0.25, -0.2) is 0 Å². The third-order valence-corrected chi connectivity index (χ3v) is 6.40. The molecule has 35 heavy (non-hydrogen) atoms. The Morgan fingerprint density at radius 3 is 2.29 bits per heavy atom. The van der Waals surface area contributed by atoms with Gasteiger partial charge in [0.15, 0.2) is 0 Å². The van der Waals surface area contributed by atoms with Crippen molar-refractivity contribution in [2.45, 2.75) is 26.8 Å². The van der Waals surface area contributed by atoms with Crippen LogP contribution in [0.5, 0.6) is 5.75 Å². The zero-order valence-electron chi connectivity index (χ0n) is 20.5. The number of anilines is 2. The molecule has 1 N–H and O–H groups in total. The molecule has 1 heterocycles. The Morgan fingerprint density at radius 2 is 1.66 bits per heavy atom. The van der Waals surface area contributed by atoms with E-state index in [1.165, 1.54) is 12.0 Å². The molecular weight excluding hydrogens is 440 g/mol. The van der Waals surface area contributed by atoms with E-state index >= 15 is 0 Å². The normalized spacial score (nSPS) is 17.0. The molecule has 1 aliphatic rings. The van der Waals surface area contributed by atoms with Crippen LogP contribution in [0.15, 0.2) is 78.4 Å². The standard InChI is InChI=1S/C29H30N2O4/c1-5-30(6-2)22-13-15-23(16-14-22)31-26(20-10-7-9-19(3)17-20)25(28(33)29(31)34)27(32)21-11-8-12-24(18-21)35-4/h7-18,26,32H,5-6H2,1-4H3/b27-25-. The Labute approximate surface area is 206 Å². The number of aliphatic hydroxyl groups excluding tert-OH is 1. The summed E-state index contributed by atoms with van der Waals surface area (Å²) in [7, 11) is 1.53. The molecule has 1 fully saturated rings. The lowest BCUT2D eigenvalue weighted by Crippen LogP contribution is -2.29. The second kappa shape index (κ2) is 10.1. The third kappa shape index (κ3) is 4.52. The molecule has 1 amide bonds. The fourth-order valence-electron chi connectivity index (χ4n) is 4.59. The molecule has 1 atom stereocenters. The van der Waals surface area contributed by atoms with Crippen molar-refractivity contribution in [3.63, 3.8) is 0 Å². The number of carbonyl (C=O) groups is 2. The Kier molecular flexibility index (Phi) is 6.92. The predicted octanol–water partition coefficient (Wildman–Crippen LogP) is 5.48. The predicted molar refractivity (Wildman–Crippen MR) is 139 cm³/mol. The zero-order valence-corrected chi connectivity index (χ0v) is 20.5. The molecular formula is C29H30N2O4. The number of hydrogen-bond acceptors (Lipinski definition) is 5. The minimum Gasteiger partial charge on any atom is -0.507 e. The molecule has 4 rings (SSSR count). The van der Waals surface area contributed by atoms with Crippen LogP contribution in [0.25, 0.3) is 5.76 Å². The number of ketones is 1. The van der Waals surface area contributed by atoms with Crippen molar-refractivity contribution in [3.8, 4) is 5.75 Å². The van der Waals surface area contributed by atoms with Crippen molar-refractivity contribution < 1.29 is 19.4 Å². The highest BCUT2D eigenvalue weighted by Gasteiger charge is 2.47. The average Bonchev–Trinajstić information content (AvgIpc) is 3.15. The topological polar surface area (TPSA) is 70.1 Å². The molecule has 1 saturated heterocycles. The highest BCUT2D eigenvalue weighted by molar-refractivity contribution is 6.51. The molecule has 3 aromatic rings. The lowest BCUT2D eigenvalue weighted by Gasteiger charge is -2.27. The van der Waals surface area contributed by atoms with Crippen LogP contribution in [0.1, 0.15) is 36.6 Å². The monoisotopic (exact) mass is 470 g/mol. The van der Waals surface area contributed by atoms with Gasteiger partial charge in [-0.3, -0.25) is 14.5 Å². The summed E-state index contributed by atoms with van der Waals surface area (Å²) in [5.41, 5.74) is 3.85. The molecule has 6 nitrogen and oxygen atoms in total. The van der Waals surface area contributed by atoms with Crippen LogP contribution in [0.4, 0.5) is 11.4 Å². The first-order chi connectivity index (χ1) is 16.9. The Bertz CT molecular complexity index is 1280. The SMILES string of the molecule is CCN(CC)c1ccc(N2C(=O)C(=O)/C(=C(\O)c3cccc(OC)c3)C2c2cccc(C)c2)cc1. The minimum absolute atomic E-state index is 0.0571. The van der Waals surface area contributed by atoms with Crippen molar-refractivity contribution in [1.82, 2.24) is 0 Å². The van der Waals surface area contributed by atoms with Crippen LogP contribution < -0.4 is 14.5 Å². The number of hydrogen-bond donors (Lipinski definition) is 1. The van der Waals surface area contributed by atoms with Gasteiger partial charge < -0.3 is 14.7 Å². The van der Waals surface area contributed by atoms with Gasteiger partial charge >= 0.3 is 0 Å². The molecule has 0 aromatic heterocycles. The van der Waals surface area contributed by atoms with Gasteiger partial charge in [-0.15, -0.1) is 0 Å². The lowest BCUT2D eigenvalue weighted by molar-refractivity contribution is -0.132. The van der Waals surface area contributed by atoms with E-state index in [0.29, 0.717) is 17.0 Å². The van der Waals surface area contributed by atoms with Gasteiger partial charge in [0.2, 0.25) is 0 Å². The summed E-state index contributed by atoms with van der Waals surface area (Å²) >= 11 is 0. The number of aryl methyl sites for hydroxylation is 1. The molecule has 0 aliphatic carbocycles. The van der Waals surface area contributed by atoms with Crippen molar-refractivity contribution >= 4 is 28.8 Å². The fourth-order valence-corrected chi connectivity index (χ4v) is 4.59. The van der Waals surface area contributed by atoms with Crippen LogP contribution in [0.3, 0.4) is 0 Å². The number of nitrogens with zero attached hydrogens (tertiary/aromatic N) is 2. The molecule has 0 bridgehead atoms. The highest BCUT2D eigenvalue weighted by Crippen LogP contribution is 2.42. The van der Waals surface area contributed by atoms with E-state index in [4.69, 9.17) is 4.74 Å². The van der Waals surface area contributed by atoms with Crippen molar-refractivity contribution in [3.05, 3.63) is 95.1 Å². The van der Waals surface area contributed by atoms with Gasteiger partial charge in [-0.1, -0.05) is 42.0 Å². The van der Waals surface area contributed by atoms with E-state index in [-0.39, 0.29) is 11.3 Å².